The van der Waals surface area contributed by atoms with E-state index in [4.69, 9.17) is 0 Å². The van der Waals surface area contributed by atoms with Gasteiger partial charge in [-0.2, -0.15) is 5.26 Å². The molecule has 6 nitrogen and oxygen atoms in total. The Balaban J connectivity index is 1.48. The number of carbonyl (C=O) groups excluding carboxylic acids is 1. The highest BCUT2D eigenvalue weighted by Gasteiger charge is 2.41. The lowest BCUT2D eigenvalue weighted by atomic mass is 9.81. The van der Waals surface area contributed by atoms with Crippen LogP contribution in [-0.4, -0.2) is 43.4 Å². The Morgan fingerprint density at radius 1 is 1.27 bits per heavy atom. The fraction of sp³-hybridized carbons (Fsp3) is 0.789. The first-order valence-corrected chi connectivity index (χ1v) is 10.7. The van der Waals surface area contributed by atoms with Gasteiger partial charge in [0.15, 0.2) is 5.16 Å². The summed E-state index contributed by atoms with van der Waals surface area (Å²) in [6, 6.07) is 2.97. The summed E-state index contributed by atoms with van der Waals surface area (Å²) < 4.78 is 2.28. The first-order chi connectivity index (χ1) is 12.6. The summed E-state index contributed by atoms with van der Waals surface area (Å²) in [4.78, 5) is 14.8. The molecule has 1 aromatic heterocycles. The van der Waals surface area contributed by atoms with Crippen LogP contribution in [0.1, 0.15) is 82.5 Å². The number of aromatic nitrogens is 3. The van der Waals surface area contributed by atoms with Crippen LogP contribution in [0.4, 0.5) is 0 Å². The van der Waals surface area contributed by atoms with E-state index in [1.54, 1.807) is 11.9 Å². The summed E-state index contributed by atoms with van der Waals surface area (Å²) >= 11 is 1.50. The molecule has 1 atom stereocenters. The molecule has 0 aromatic carbocycles. The Morgan fingerprint density at radius 2 is 1.96 bits per heavy atom. The smallest absolute Gasteiger partial charge is 0.236 e. The van der Waals surface area contributed by atoms with Crippen LogP contribution in [0.3, 0.4) is 0 Å². The maximum absolute atomic E-state index is 13.1. The van der Waals surface area contributed by atoms with Gasteiger partial charge in [-0.3, -0.25) is 4.79 Å². The third kappa shape index (κ3) is 3.24. The van der Waals surface area contributed by atoms with Crippen molar-refractivity contribution in [2.45, 2.75) is 92.6 Å². The van der Waals surface area contributed by atoms with Crippen molar-refractivity contribution in [2.75, 3.05) is 7.05 Å². The lowest BCUT2D eigenvalue weighted by molar-refractivity contribution is -0.133. The zero-order valence-corrected chi connectivity index (χ0v) is 16.5. The van der Waals surface area contributed by atoms with E-state index in [9.17, 15) is 10.1 Å². The average Bonchev–Trinajstić information content (AvgIpc) is 3.60. The van der Waals surface area contributed by atoms with Crippen LogP contribution < -0.4 is 0 Å². The Kier molecular flexibility index (Phi) is 4.72. The van der Waals surface area contributed by atoms with Gasteiger partial charge >= 0.3 is 0 Å². The Hall–Kier alpha value is -1.55. The Morgan fingerprint density at radius 3 is 2.54 bits per heavy atom. The van der Waals surface area contributed by atoms with Crippen molar-refractivity contribution in [2.24, 2.45) is 0 Å². The number of amides is 1. The molecule has 3 aliphatic carbocycles. The van der Waals surface area contributed by atoms with E-state index in [0.717, 1.165) is 43.1 Å². The molecule has 140 valence electrons. The summed E-state index contributed by atoms with van der Waals surface area (Å²) in [6.07, 6.45) is 9.55. The predicted molar refractivity (Wildman–Crippen MR) is 99.8 cm³/mol. The van der Waals surface area contributed by atoms with E-state index in [1.165, 1.54) is 37.4 Å². The van der Waals surface area contributed by atoms with Gasteiger partial charge in [-0.15, -0.1) is 10.2 Å². The predicted octanol–water partition coefficient (Wildman–Crippen LogP) is 3.66. The third-order valence-corrected chi connectivity index (χ3v) is 7.08. The van der Waals surface area contributed by atoms with Gasteiger partial charge in [-0.05, 0) is 45.4 Å². The SMILES string of the molecule is C[C@H](Sc1nnc(C2CC2)n1C1CC1)C(=O)N(C)C1(C#N)CCCCC1. The molecule has 1 aromatic rings. The van der Waals surface area contributed by atoms with Crippen molar-refractivity contribution in [1.29, 1.82) is 5.26 Å². The number of carbonyl (C=O) groups is 1. The zero-order valence-electron chi connectivity index (χ0n) is 15.6. The van der Waals surface area contributed by atoms with Crippen LogP contribution >= 0.6 is 11.8 Å². The maximum atomic E-state index is 13.1. The van der Waals surface area contributed by atoms with Crippen LogP contribution in [0.15, 0.2) is 5.16 Å². The van der Waals surface area contributed by atoms with E-state index in [2.05, 4.69) is 20.8 Å². The van der Waals surface area contributed by atoms with Crippen LogP contribution in [-0.2, 0) is 4.79 Å². The molecule has 4 rings (SSSR count). The van der Waals surface area contributed by atoms with Crippen molar-refractivity contribution >= 4 is 17.7 Å². The number of nitriles is 1. The fourth-order valence-corrected chi connectivity index (χ4v) is 5.03. The van der Waals surface area contributed by atoms with E-state index in [0.29, 0.717) is 12.0 Å². The Labute approximate surface area is 159 Å². The minimum Gasteiger partial charge on any atom is -0.326 e. The molecule has 0 saturated heterocycles. The summed E-state index contributed by atoms with van der Waals surface area (Å²) in [5.41, 5.74) is -0.631. The van der Waals surface area contributed by atoms with Crippen molar-refractivity contribution in [3.8, 4) is 6.07 Å². The third-order valence-electron chi connectivity index (χ3n) is 6.04. The summed E-state index contributed by atoms with van der Waals surface area (Å²) in [5, 5.41) is 19.2. The summed E-state index contributed by atoms with van der Waals surface area (Å²) in [5.74, 6) is 1.70. The van der Waals surface area contributed by atoms with Crippen LogP contribution in [0, 0.1) is 11.3 Å². The quantitative estimate of drug-likeness (QED) is 0.712. The molecule has 0 aliphatic heterocycles. The Bertz CT molecular complexity index is 725. The maximum Gasteiger partial charge on any atom is 0.236 e. The van der Waals surface area contributed by atoms with Gasteiger partial charge in [0, 0.05) is 19.0 Å². The molecule has 0 radical (unpaired) electrons. The summed E-state index contributed by atoms with van der Waals surface area (Å²) in [7, 11) is 1.80. The van der Waals surface area contributed by atoms with Crippen molar-refractivity contribution in [3.05, 3.63) is 5.82 Å². The number of hydrogen-bond acceptors (Lipinski definition) is 5. The van der Waals surface area contributed by atoms with E-state index < -0.39 is 5.54 Å². The van der Waals surface area contributed by atoms with Gasteiger partial charge in [-0.25, -0.2) is 0 Å². The standard InChI is InChI=1S/C19H27N5OS/c1-13(17(25)23(2)19(12-20)10-4-3-5-11-19)26-18-22-21-16(14-6-7-14)24(18)15-8-9-15/h13-15H,3-11H2,1-2H3/t13-/m0/s1. The van der Waals surface area contributed by atoms with Crippen molar-refractivity contribution in [1.82, 2.24) is 19.7 Å². The van der Waals surface area contributed by atoms with Gasteiger partial charge in [0.1, 0.15) is 11.4 Å². The second-order valence-electron chi connectivity index (χ2n) is 8.08. The summed E-state index contributed by atoms with van der Waals surface area (Å²) in [6.45, 7) is 1.93. The highest BCUT2D eigenvalue weighted by atomic mass is 32.2. The molecule has 0 spiro atoms. The molecule has 1 amide bonds. The monoisotopic (exact) mass is 373 g/mol. The molecule has 26 heavy (non-hydrogen) atoms. The van der Waals surface area contributed by atoms with Crippen molar-refractivity contribution < 1.29 is 4.79 Å². The zero-order chi connectivity index (χ0) is 18.3. The molecular weight excluding hydrogens is 346 g/mol. The minimum absolute atomic E-state index is 0.0248. The van der Waals surface area contributed by atoms with Crippen LogP contribution in [0.25, 0.3) is 0 Å². The molecule has 3 saturated carbocycles. The molecule has 0 N–H and O–H groups in total. The lowest BCUT2D eigenvalue weighted by Gasteiger charge is -2.40. The number of nitrogens with zero attached hydrogens (tertiary/aromatic N) is 5. The lowest BCUT2D eigenvalue weighted by Crippen LogP contribution is -2.52. The topological polar surface area (TPSA) is 74.8 Å². The second-order valence-corrected chi connectivity index (χ2v) is 9.39. The normalized spacial score (nSPS) is 23.3. The molecular formula is C19H27N5OS. The first kappa shape index (κ1) is 17.8. The van der Waals surface area contributed by atoms with E-state index >= 15 is 0 Å². The minimum atomic E-state index is -0.631. The van der Waals surface area contributed by atoms with Crippen LogP contribution in [0.2, 0.25) is 0 Å². The van der Waals surface area contributed by atoms with Gasteiger partial charge in [-0.1, -0.05) is 31.0 Å². The number of hydrogen-bond donors (Lipinski definition) is 0. The molecule has 3 aliphatic rings. The highest BCUT2D eigenvalue weighted by molar-refractivity contribution is 8.00. The molecule has 0 unspecified atom stereocenters. The molecule has 1 heterocycles. The van der Waals surface area contributed by atoms with E-state index in [-0.39, 0.29) is 11.2 Å². The van der Waals surface area contributed by atoms with Gasteiger partial charge < -0.3 is 9.47 Å². The fourth-order valence-electron chi connectivity index (χ4n) is 4.02. The molecule has 3 fully saturated rings. The highest BCUT2D eigenvalue weighted by Crippen LogP contribution is 2.46. The van der Waals surface area contributed by atoms with Gasteiger partial charge in [0.05, 0.1) is 11.3 Å². The molecule has 7 heteroatoms. The van der Waals surface area contributed by atoms with Crippen LogP contribution in [0.5, 0.6) is 0 Å². The number of rotatable bonds is 6. The largest absolute Gasteiger partial charge is 0.326 e. The van der Waals surface area contributed by atoms with Crippen molar-refractivity contribution in [3.63, 3.8) is 0 Å². The van der Waals surface area contributed by atoms with E-state index in [1.807, 2.05) is 6.92 Å². The molecule has 0 bridgehead atoms. The average molecular weight is 374 g/mol. The first-order valence-electron chi connectivity index (χ1n) is 9.86. The number of thioether (sulfide) groups is 1. The second kappa shape index (κ2) is 6.88. The van der Waals surface area contributed by atoms with Gasteiger partial charge in [0.25, 0.3) is 0 Å². The van der Waals surface area contributed by atoms with Gasteiger partial charge in [0.2, 0.25) is 5.91 Å².